The predicted octanol–water partition coefficient (Wildman–Crippen LogP) is 3.20. The van der Waals surface area contributed by atoms with Crippen molar-refractivity contribution in [1.29, 1.82) is 0 Å². The molecule has 154 valence electrons. The topological polar surface area (TPSA) is 98.7 Å². The van der Waals surface area contributed by atoms with Crippen molar-refractivity contribution in [3.63, 3.8) is 0 Å². The Morgan fingerprint density at radius 2 is 2.00 bits per heavy atom. The van der Waals surface area contributed by atoms with Crippen LogP contribution in [0.2, 0.25) is 0 Å². The minimum absolute atomic E-state index is 0.0240. The monoisotopic (exact) mass is 424 g/mol. The summed E-state index contributed by atoms with van der Waals surface area (Å²) >= 11 is 1.52. The Labute approximate surface area is 177 Å². The van der Waals surface area contributed by atoms with Crippen molar-refractivity contribution < 1.29 is 9.66 Å². The van der Waals surface area contributed by atoms with E-state index in [0.717, 1.165) is 24.5 Å². The lowest BCUT2D eigenvalue weighted by atomic mass is 10.1. The number of anilines is 1. The molecule has 3 aromatic rings. The van der Waals surface area contributed by atoms with E-state index in [9.17, 15) is 10.1 Å². The number of hydrogen-bond acceptors (Lipinski definition) is 8. The van der Waals surface area contributed by atoms with Gasteiger partial charge < -0.3 is 9.64 Å². The largest absolute Gasteiger partial charge is 0.378 e. The van der Waals surface area contributed by atoms with Crippen LogP contribution in [0, 0.1) is 10.1 Å². The summed E-state index contributed by atoms with van der Waals surface area (Å²) < 4.78 is 6.99. The average Bonchev–Trinajstić information content (AvgIpc) is 3.24. The molecule has 0 bridgehead atoms. The van der Waals surface area contributed by atoms with E-state index < -0.39 is 4.92 Å². The second-order valence-electron chi connectivity index (χ2n) is 6.58. The van der Waals surface area contributed by atoms with Gasteiger partial charge in [-0.15, -0.1) is 10.2 Å². The van der Waals surface area contributed by atoms with Crippen molar-refractivity contribution in [2.75, 3.05) is 31.2 Å². The molecule has 1 fully saturated rings. The number of nitrogens with zero attached hydrogens (tertiary/aromatic N) is 6. The van der Waals surface area contributed by atoms with Crippen LogP contribution < -0.4 is 4.90 Å². The zero-order valence-corrected chi connectivity index (χ0v) is 16.9. The van der Waals surface area contributed by atoms with Crippen molar-refractivity contribution in [3.8, 4) is 0 Å². The Bertz CT molecular complexity index is 1030. The molecule has 2 aromatic carbocycles. The summed E-state index contributed by atoms with van der Waals surface area (Å²) in [4.78, 5) is 13.0. The Balaban J connectivity index is 1.56. The van der Waals surface area contributed by atoms with Crippen LogP contribution in [0.15, 0.2) is 65.1 Å². The van der Waals surface area contributed by atoms with Crippen molar-refractivity contribution >= 4 is 29.4 Å². The van der Waals surface area contributed by atoms with Gasteiger partial charge in [-0.1, -0.05) is 42.1 Å². The number of hydrogen-bond donors (Lipinski definition) is 0. The maximum Gasteiger partial charge on any atom is 0.270 e. The normalized spacial score (nSPS) is 14.3. The molecule has 1 saturated heterocycles. The second-order valence-corrected chi connectivity index (χ2v) is 7.52. The summed E-state index contributed by atoms with van der Waals surface area (Å²) in [5, 5.41) is 24.4. The molecule has 0 radical (unpaired) electrons. The van der Waals surface area contributed by atoms with Gasteiger partial charge in [0, 0.05) is 42.2 Å². The number of morpholine rings is 1. The molecule has 0 aliphatic carbocycles. The molecule has 0 atom stereocenters. The minimum Gasteiger partial charge on any atom is -0.378 e. The Morgan fingerprint density at radius 1 is 1.20 bits per heavy atom. The third-order valence-corrected chi connectivity index (χ3v) is 5.61. The summed E-state index contributed by atoms with van der Waals surface area (Å²) in [5.74, 6) is 0.741. The molecule has 4 rings (SSSR count). The van der Waals surface area contributed by atoms with Crippen LogP contribution in [-0.4, -0.2) is 52.3 Å². The molecule has 10 heteroatoms. The van der Waals surface area contributed by atoms with Crippen LogP contribution in [0.5, 0.6) is 0 Å². The van der Waals surface area contributed by atoms with E-state index in [1.54, 1.807) is 17.0 Å². The molecule has 30 heavy (non-hydrogen) atoms. The van der Waals surface area contributed by atoms with E-state index in [2.05, 4.69) is 32.3 Å². The standard InChI is InChI=1S/C20H20N6O3S/c27-26(28)18-6-7-19(24-8-10-29-11-9-24)17(12-18)13-22-25-15-21-23-20(25)30-14-16-4-2-1-3-5-16/h1-7,12-13,15H,8-11,14H2/b22-13-. The first-order valence-corrected chi connectivity index (χ1v) is 10.4. The Kier molecular flexibility index (Phi) is 6.35. The van der Waals surface area contributed by atoms with Gasteiger partial charge in [-0.25, -0.2) is 0 Å². The first-order valence-electron chi connectivity index (χ1n) is 9.43. The van der Waals surface area contributed by atoms with E-state index in [0.29, 0.717) is 23.9 Å². The molecule has 0 N–H and O–H groups in total. The van der Waals surface area contributed by atoms with Gasteiger partial charge in [-0.2, -0.15) is 9.78 Å². The molecule has 2 heterocycles. The van der Waals surface area contributed by atoms with E-state index in [1.165, 1.54) is 35.8 Å². The van der Waals surface area contributed by atoms with Gasteiger partial charge in [-0.05, 0) is 11.6 Å². The Morgan fingerprint density at radius 3 is 2.77 bits per heavy atom. The highest BCUT2D eigenvalue weighted by atomic mass is 32.2. The Hall–Kier alpha value is -3.24. The fourth-order valence-electron chi connectivity index (χ4n) is 3.09. The molecule has 1 aromatic heterocycles. The molecule has 1 aliphatic rings. The van der Waals surface area contributed by atoms with Gasteiger partial charge in [0.15, 0.2) is 0 Å². The number of thioether (sulfide) groups is 1. The highest BCUT2D eigenvalue weighted by molar-refractivity contribution is 7.98. The van der Waals surface area contributed by atoms with Crippen LogP contribution in [0.1, 0.15) is 11.1 Å². The fraction of sp³-hybridized carbons (Fsp3) is 0.250. The molecular weight excluding hydrogens is 404 g/mol. The van der Waals surface area contributed by atoms with Gasteiger partial charge in [0.1, 0.15) is 6.33 Å². The van der Waals surface area contributed by atoms with Crippen LogP contribution in [0.3, 0.4) is 0 Å². The van der Waals surface area contributed by atoms with Crippen molar-refractivity contribution in [3.05, 3.63) is 76.1 Å². The van der Waals surface area contributed by atoms with Gasteiger partial charge in [0.25, 0.3) is 5.69 Å². The highest BCUT2D eigenvalue weighted by Crippen LogP contribution is 2.26. The number of ether oxygens (including phenoxy) is 1. The smallest absolute Gasteiger partial charge is 0.270 e. The number of nitro groups is 1. The summed E-state index contributed by atoms with van der Waals surface area (Å²) in [6, 6.07) is 14.9. The van der Waals surface area contributed by atoms with Gasteiger partial charge in [0.2, 0.25) is 5.16 Å². The molecule has 1 aliphatic heterocycles. The lowest BCUT2D eigenvalue weighted by Gasteiger charge is -2.29. The van der Waals surface area contributed by atoms with E-state index >= 15 is 0 Å². The maximum absolute atomic E-state index is 11.2. The molecule has 0 amide bonds. The number of benzene rings is 2. The second kappa shape index (κ2) is 9.51. The first kappa shape index (κ1) is 20.0. The number of non-ortho nitro benzene ring substituents is 1. The third-order valence-electron chi connectivity index (χ3n) is 4.61. The molecule has 0 spiro atoms. The minimum atomic E-state index is -0.402. The zero-order valence-electron chi connectivity index (χ0n) is 16.1. The van der Waals surface area contributed by atoms with Crippen LogP contribution in [-0.2, 0) is 10.5 Å². The lowest BCUT2D eigenvalue weighted by molar-refractivity contribution is -0.384. The fourth-order valence-corrected chi connectivity index (χ4v) is 3.91. The molecule has 0 unspecified atom stereocenters. The molecular formula is C20H20N6O3S. The summed E-state index contributed by atoms with van der Waals surface area (Å²) in [7, 11) is 0. The third kappa shape index (κ3) is 4.84. The number of nitro benzene ring substituents is 1. The SMILES string of the molecule is O=[N+]([O-])c1ccc(N2CCOCC2)c(/C=N\n2cnnc2SCc2ccccc2)c1. The predicted molar refractivity (Wildman–Crippen MR) is 115 cm³/mol. The summed E-state index contributed by atoms with van der Waals surface area (Å²) in [5.41, 5.74) is 2.75. The quantitative estimate of drug-likeness (QED) is 0.249. The maximum atomic E-state index is 11.2. The van der Waals surface area contributed by atoms with Crippen molar-refractivity contribution in [2.24, 2.45) is 5.10 Å². The average molecular weight is 424 g/mol. The van der Waals surface area contributed by atoms with E-state index in [1.807, 2.05) is 18.2 Å². The first-order chi connectivity index (χ1) is 14.7. The van der Waals surface area contributed by atoms with Gasteiger partial charge >= 0.3 is 0 Å². The van der Waals surface area contributed by atoms with Gasteiger partial charge in [-0.3, -0.25) is 10.1 Å². The molecule has 9 nitrogen and oxygen atoms in total. The summed E-state index contributed by atoms with van der Waals surface area (Å²) in [6.45, 7) is 2.70. The molecule has 0 saturated carbocycles. The zero-order chi connectivity index (χ0) is 20.8. The van der Waals surface area contributed by atoms with Crippen LogP contribution in [0.25, 0.3) is 0 Å². The van der Waals surface area contributed by atoms with Crippen molar-refractivity contribution in [1.82, 2.24) is 14.9 Å². The van der Waals surface area contributed by atoms with Gasteiger partial charge in [0.05, 0.1) is 24.4 Å². The van der Waals surface area contributed by atoms with E-state index in [4.69, 9.17) is 4.74 Å². The number of aromatic nitrogens is 3. The lowest BCUT2D eigenvalue weighted by Crippen LogP contribution is -2.36. The van der Waals surface area contributed by atoms with Crippen molar-refractivity contribution in [2.45, 2.75) is 10.9 Å². The number of rotatable bonds is 7. The highest BCUT2D eigenvalue weighted by Gasteiger charge is 2.17. The summed E-state index contributed by atoms with van der Waals surface area (Å²) in [6.07, 6.45) is 3.14. The van der Waals surface area contributed by atoms with Crippen LogP contribution >= 0.6 is 11.8 Å². The van der Waals surface area contributed by atoms with Crippen LogP contribution in [0.4, 0.5) is 11.4 Å². The van der Waals surface area contributed by atoms with E-state index in [-0.39, 0.29) is 5.69 Å².